The van der Waals surface area contributed by atoms with Crippen LogP contribution in [0, 0.1) is 0 Å². The Kier molecular flexibility index (Phi) is 13.8. The molecular weight excluding hydrogens is 252 g/mol. The topological polar surface area (TPSA) is 38.7 Å². The van der Waals surface area contributed by atoms with Crippen molar-refractivity contribution in [3.05, 3.63) is 0 Å². The van der Waals surface area contributed by atoms with Crippen molar-refractivity contribution < 1.29 is 15.2 Å². The van der Waals surface area contributed by atoms with Gasteiger partial charge in [-0.15, -0.1) is 0 Å². The van der Waals surface area contributed by atoms with E-state index in [4.69, 9.17) is 10.1 Å². The lowest BCUT2D eigenvalue weighted by atomic mass is 9.85. The third-order valence-electron chi connectivity index (χ3n) is 4.17. The van der Waals surface area contributed by atoms with Gasteiger partial charge in [-0.25, -0.2) is 5.26 Å². The molecule has 0 radical (unpaired) electrons. The summed E-state index contributed by atoms with van der Waals surface area (Å²) in [7, 11) is 0. The van der Waals surface area contributed by atoms with Crippen LogP contribution in [0.15, 0.2) is 0 Å². The SMILES string of the molecule is CCCCCCCCC(CCCC)(CCCC)OOO. The van der Waals surface area contributed by atoms with Gasteiger partial charge in [0.15, 0.2) is 0 Å². The van der Waals surface area contributed by atoms with Crippen molar-refractivity contribution in [1.82, 2.24) is 0 Å². The highest BCUT2D eigenvalue weighted by Crippen LogP contribution is 2.32. The molecule has 0 aliphatic heterocycles. The molecule has 0 saturated carbocycles. The molecule has 0 saturated heterocycles. The van der Waals surface area contributed by atoms with Crippen LogP contribution in [-0.4, -0.2) is 10.9 Å². The fourth-order valence-corrected chi connectivity index (χ4v) is 2.80. The van der Waals surface area contributed by atoms with E-state index in [9.17, 15) is 0 Å². The summed E-state index contributed by atoms with van der Waals surface area (Å²) in [6.07, 6.45) is 15.2. The number of hydrogen-bond donors (Lipinski definition) is 1. The van der Waals surface area contributed by atoms with Crippen LogP contribution in [0.2, 0.25) is 0 Å². The summed E-state index contributed by atoms with van der Waals surface area (Å²) < 4.78 is 0. The molecule has 0 fully saturated rings. The highest BCUT2D eigenvalue weighted by Gasteiger charge is 2.31. The number of rotatable bonds is 15. The lowest BCUT2D eigenvalue weighted by Gasteiger charge is -2.31. The van der Waals surface area contributed by atoms with Gasteiger partial charge in [-0.05, 0) is 19.3 Å². The van der Waals surface area contributed by atoms with Crippen molar-refractivity contribution in [3.63, 3.8) is 0 Å². The predicted molar refractivity (Wildman–Crippen MR) is 84.6 cm³/mol. The molecule has 0 aromatic rings. The van der Waals surface area contributed by atoms with Crippen LogP contribution in [0.4, 0.5) is 0 Å². The average Bonchev–Trinajstić information content (AvgIpc) is 2.46. The second kappa shape index (κ2) is 13.8. The monoisotopic (exact) mass is 288 g/mol. The molecule has 0 aromatic carbocycles. The van der Waals surface area contributed by atoms with E-state index in [-0.39, 0.29) is 5.60 Å². The van der Waals surface area contributed by atoms with Gasteiger partial charge in [0, 0.05) is 0 Å². The van der Waals surface area contributed by atoms with Crippen LogP contribution in [0.1, 0.15) is 104 Å². The fraction of sp³-hybridized carbons (Fsp3) is 1.00. The molecule has 0 rings (SSSR count). The van der Waals surface area contributed by atoms with Gasteiger partial charge in [-0.3, -0.25) is 0 Å². The van der Waals surface area contributed by atoms with E-state index in [0.717, 1.165) is 44.9 Å². The van der Waals surface area contributed by atoms with Crippen LogP contribution in [-0.2, 0) is 9.93 Å². The van der Waals surface area contributed by atoms with Crippen molar-refractivity contribution in [2.45, 2.75) is 110 Å². The van der Waals surface area contributed by atoms with E-state index in [1.807, 2.05) is 0 Å². The minimum Gasteiger partial charge on any atom is -0.221 e. The van der Waals surface area contributed by atoms with Crippen LogP contribution >= 0.6 is 0 Å². The number of hydrogen-bond acceptors (Lipinski definition) is 3. The smallest absolute Gasteiger partial charge is 0.107 e. The van der Waals surface area contributed by atoms with Crippen molar-refractivity contribution in [2.75, 3.05) is 0 Å². The Bertz CT molecular complexity index is 187. The minimum atomic E-state index is -0.272. The van der Waals surface area contributed by atoms with Gasteiger partial charge in [-0.1, -0.05) is 90.0 Å². The molecule has 0 aromatic heterocycles. The summed E-state index contributed by atoms with van der Waals surface area (Å²) in [5.41, 5.74) is -0.272. The second-order valence-corrected chi connectivity index (χ2v) is 6.07. The summed E-state index contributed by atoms with van der Waals surface area (Å²) in [5, 5.41) is 12.8. The number of unbranched alkanes of at least 4 members (excludes halogenated alkanes) is 7. The van der Waals surface area contributed by atoms with E-state index in [2.05, 4.69) is 25.8 Å². The summed E-state index contributed by atoms with van der Waals surface area (Å²) in [6.45, 7) is 6.62. The summed E-state index contributed by atoms with van der Waals surface area (Å²) in [6, 6.07) is 0. The zero-order valence-electron chi connectivity index (χ0n) is 14.0. The van der Waals surface area contributed by atoms with Crippen LogP contribution < -0.4 is 0 Å². The molecule has 0 atom stereocenters. The molecule has 3 nitrogen and oxygen atoms in total. The maximum Gasteiger partial charge on any atom is 0.107 e. The molecule has 0 aliphatic carbocycles. The van der Waals surface area contributed by atoms with E-state index >= 15 is 0 Å². The Balaban J connectivity index is 4.17. The lowest BCUT2D eigenvalue weighted by molar-refractivity contribution is -0.528. The van der Waals surface area contributed by atoms with Crippen molar-refractivity contribution in [3.8, 4) is 0 Å². The highest BCUT2D eigenvalue weighted by molar-refractivity contribution is 4.79. The molecule has 0 heterocycles. The highest BCUT2D eigenvalue weighted by atomic mass is 17.5. The summed E-state index contributed by atoms with van der Waals surface area (Å²) in [4.78, 5) is 5.32. The van der Waals surface area contributed by atoms with Crippen LogP contribution in [0.5, 0.6) is 0 Å². The average molecular weight is 288 g/mol. The van der Waals surface area contributed by atoms with E-state index in [0.29, 0.717) is 0 Å². The Morgan fingerprint density at radius 2 is 1.10 bits per heavy atom. The molecule has 1 N–H and O–H groups in total. The third kappa shape index (κ3) is 9.73. The molecule has 3 heteroatoms. The zero-order valence-corrected chi connectivity index (χ0v) is 14.0. The maximum atomic E-state index is 8.75. The largest absolute Gasteiger partial charge is 0.221 e. The first kappa shape index (κ1) is 19.9. The lowest BCUT2D eigenvalue weighted by Crippen LogP contribution is -2.32. The van der Waals surface area contributed by atoms with E-state index in [1.54, 1.807) is 0 Å². The Hall–Kier alpha value is -0.120. The fourth-order valence-electron chi connectivity index (χ4n) is 2.80. The second-order valence-electron chi connectivity index (χ2n) is 6.07. The van der Waals surface area contributed by atoms with Gasteiger partial charge in [-0.2, -0.15) is 4.89 Å². The molecular formula is C17H36O3. The Morgan fingerprint density at radius 1 is 0.650 bits per heavy atom. The Morgan fingerprint density at radius 3 is 1.60 bits per heavy atom. The van der Waals surface area contributed by atoms with Gasteiger partial charge >= 0.3 is 0 Å². The summed E-state index contributed by atoms with van der Waals surface area (Å²) in [5.74, 6) is 0. The zero-order chi connectivity index (χ0) is 15.1. The molecule has 122 valence electrons. The van der Waals surface area contributed by atoms with Crippen LogP contribution in [0.25, 0.3) is 0 Å². The van der Waals surface area contributed by atoms with E-state index < -0.39 is 0 Å². The third-order valence-corrected chi connectivity index (χ3v) is 4.17. The van der Waals surface area contributed by atoms with Gasteiger partial charge in [0.2, 0.25) is 0 Å². The molecule has 0 aliphatic rings. The summed E-state index contributed by atoms with van der Waals surface area (Å²) >= 11 is 0. The minimum absolute atomic E-state index is 0.272. The van der Waals surface area contributed by atoms with Crippen molar-refractivity contribution in [1.29, 1.82) is 0 Å². The first-order chi connectivity index (χ1) is 9.74. The van der Waals surface area contributed by atoms with Gasteiger partial charge < -0.3 is 0 Å². The van der Waals surface area contributed by atoms with Crippen LogP contribution in [0.3, 0.4) is 0 Å². The normalized spacial score (nSPS) is 12.0. The molecule has 20 heavy (non-hydrogen) atoms. The first-order valence-corrected chi connectivity index (χ1v) is 8.74. The van der Waals surface area contributed by atoms with Gasteiger partial charge in [0.25, 0.3) is 0 Å². The van der Waals surface area contributed by atoms with Crippen molar-refractivity contribution in [2.24, 2.45) is 0 Å². The molecule has 0 amide bonds. The molecule has 0 spiro atoms. The maximum absolute atomic E-state index is 8.75. The molecule has 0 bridgehead atoms. The predicted octanol–water partition coefficient (Wildman–Crippen LogP) is 6.28. The van der Waals surface area contributed by atoms with Crippen molar-refractivity contribution >= 4 is 0 Å². The van der Waals surface area contributed by atoms with Gasteiger partial charge in [0.1, 0.15) is 5.60 Å². The van der Waals surface area contributed by atoms with E-state index in [1.165, 1.54) is 38.5 Å². The Labute approximate surface area is 125 Å². The molecule has 0 unspecified atom stereocenters. The van der Waals surface area contributed by atoms with Gasteiger partial charge in [0.05, 0.1) is 0 Å². The standard InChI is InChI=1S/C17H36O3/c1-4-7-10-11-12-13-16-17(19-20-18,14-8-5-2)15-9-6-3/h18H,4-16H2,1-3H3. The first-order valence-electron chi connectivity index (χ1n) is 8.74. The quantitative estimate of drug-likeness (QED) is 0.219.